The summed E-state index contributed by atoms with van der Waals surface area (Å²) in [7, 11) is 0. The third-order valence-electron chi connectivity index (χ3n) is 2.16. The molecule has 80 valence electrons. The van der Waals surface area contributed by atoms with Crippen molar-refractivity contribution >= 4 is 11.9 Å². The molecule has 2 atom stereocenters. The topological polar surface area (TPSA) is 96.2 Å². The zero-order chi connectivity index (χ0) is 10.6. The Kier molecular flexibility index (Phi) is 3.70. The van der Waals surface area contributed by atoms with Crippen molar-refractivity contribution in [1.82, 2.24) is 16.0 Å². The number of urea groups is 1. The van der Waals surface area contributed by atoms with Gasteiger partial charge >= 0.3 is 6.03 Å². The second-order valence-corrected chi connectivity index (χ2v) is 3.43. The minimum absolute atomic E-state index is 0.166. The van der Waals surface area contributed by atoms with E-state index in [1.54, 1.807) is 6.92 Å². The van der Waals surface area contributed by atoms with Gasteiger partial charge in [0.05, 0.1) is 0 Å². The van der Waals surface area contributed by atoms with Gasteiger partial charge in [-0.05, 0) is 19.9 Å². The highest BCUT2D eigenvalue weighted by Gasteiger charge is 2.20. The van der Waals surface area contributed by atoms with E-state index in [1.807, 2.05) is 0 Å². The van der Waals surface area contributed by atoms with Crippen molar-refractivity contribution in [2.24, 2.45) is 5.73 Å². The Morgan fingerprint density at radius 2 is 2.29 bits per heavy atom. The number of primary amides is 1. The zero-order valence-electron chi connectivity index (χ0n) is 8.17. The maximum atomic E-state index is 11.4. The van der Waals surface area contributed by atoms with Gasteiger partial charge in [-0.3, -0.25) is 4.79 Å². The Morgan fingerprint density at radius 1 is 1.57 bits per heavy atom. The summed E-state index contributed by atoms with van der Waals surface area (Å²) in [4.78, 5) is 21.9. The van der Waals surface area contributed by atoms with Crippen molar-refractivity contribution in [1.29, 1.82) is 0 Å². The lowest BCUT2D eigenvalue weighted by molar-refractivity contribution is -0.123. The zero-order valence-corrected chi connectivity index (χ0v) is 8.17. The maximum Gasteiger partial charge on any atom is 0.312 e. The highest BCUT2D eigenvalue weighted by molar-refractivity contribution is 5.86. The number of amides is 3. The van der Waals surface area contributed by atoms with Gasteiger partial charge in [0, 0.05) is 12.6 Å². The van der Waals surface area contributed by atoms with Crippen molar-refractivity contribution in [2.75, 3.05) is 13.1 Å². The van der Waals surface area contributed by atoms with Crippen LogP contribution in [0.1, 0.15) is 13.3 Å². The summed E-state index contributed by atoms with van der Waals surface area (Å²) in [6.07, 6.45) is 0.926. The Balaban J connectivity index is 2.29. The summed E-state index contributed by atoms with van der Waals surface area (Å²) in [5.41, 5.74) is 4.90. The van der Waals surface area contributed by atoms with Gasteiger partial charge in [0.15, 0.2) is 0 Å². The van der Waals surface area contributed by atoms with Crippen LogP contribution in [0.15, 0.2) is 0 Å². The molecule has 0 radical (unpaired) electrons. The Hall–Kier alpha value is -1.30. The first kappa shape index (κ1) is 10.8. The maximum absolute atomic E-state index is 11.4. The van der Waals surface area contributed by atoms with E-state index in [2.05, 4.69) is 16.0 Å². The van der Waals surface area contributed by atoms with Crippen molar-refractivity contribution in [3.8, 4) is 0 Å². The third-order valence-corrected chi connectivity index (χ3v) is 2.16. The molecule has 0 aromatic heterocycles. The summed E-state index contributed by atoms with van der Waals surface area (Å²) >= 11 is 0. The van der Waals surface area contributed by atoms with E-state index in [0.29, 0.717) is 0 Å². The second-order valence-electron chi connectivity index (χ2n) is 3.43. The van der Waals surface area contributed by atoms with Crippen molar-refractivity contribution < 1.29 is 9.59 Å². The van der Waals surface area contributed by atoms with Gasteiger partial charge in [0.2, 0.25) is 5.91 Å². The van der Waals surface area contributed by atoms with Crippen LogP contribution in [0.2, 0.25) is 0 Å². The highest BCUT2D eigenvalue weighted by atomic mass is 16.2. The van der Waals surface area contributed by atoms with E-state index in [0.717, 1.165) is 19.5 Å². The number of rotatable bonds is 3. The lowest BCUT2D eigenvalue weighted by atomic mass is 10.2. The van der Waals surface area contributed by atoms with Gasteiger partial charge in [-0.1, -0.05) is 0 Å². The van der Waals surface area contributed by atoms with Crippen LogP contribution in [0.3, 0.4) is 0 Å². The fraction of sp³-hybridized carbons (Fsp3) is 0.750. The van der Waals surface area contributed by atoms with Crippen LogP contribution >= 0.6 is 0 Å². The molecule has 5 N–H and O–H groups in total. The molecular weight excluding hydrogens is 184 g/mol. The molecule has 0 spiro atoms. The van der Waals surface area contributed by atoms with E-state index < -0.39 is 12.1 Å². The summed E-state index contributed by atoms with van der Waals surface area (Å²) in [6.45, 7) is 3.31. The molecule has 0 aromatic carbocycles. The lowest BCUT2D eigenvalue weighted by Gasteiger charge is -2.16. The van der Waals surface area contributed by atoms with Gasteiger partial charge in [0.1, 0.15) is 6.04 Å². The molecule has 1 saturated heterocycles. The fourth-order valence-corrected chi connectivity index (χ4v) is 1.38. The predicted octanol–water partition coefficient (Wildman–Crippen LogP) is -1.48. The molecule has 1 aliphatic heterocycles. The number of nitrogens with one attached hydrogen (secondary N) is 3. The fourth-order valence-electron chi connectivity index (χ4n) is 1.38. The predicted molar refractivity (Wildman–Crippen MR) is 51.6 cm³/mol. The molecule has 6 heteroatoms. The molecule has 6 nitrogen and oxygen atoms in total. The molecule has 14 heavy (non-hydrogen) atoms. The largest absolute Gasteiger partial charge is 0.352 e. The standard InChI is InChI=1S/C8H16N4O2/c1-5(11-8(9)14)7(13)12-6-2-3-10-4-6/h5-6,10H,2-4H2,1H3,(H,12,13)(H3,9,11,14). The molecule has 0 saturated carbocycles. The number of hydrogen-bond acceptors (Lipinski definition) is 3. The van der Waals surface area contributed by atoms with Gasteiger partial charge in [-0.15, -0.1) is 0 Å². The van der Waals surface area contributed by atoms with E-state index >= 15 is 0 Å². The Bertz CT molecular complexity index is 225. The normalized spacial score (nSPS) is 22.8. The smallest absolute Gasteiger partial charge is 0.312 e. The van der Waals surface area contributed by atoms with Crippen molar-refractivity contribution in [3.63, 3.8) is 0 Å². The molecule has 0 bridgehead atoms. The van der Waals surface area contributed by atoms with Crippen LogP contribution in [-0.2, 0) is 4.79 Å². The van der Waals surface area contributed by atoms with E-state index in [9.17, 15) is 9.59 Å². The quantitative estimate of drug-likeness (QED) is 0.447. The molecule has 0 aliphatic carbocycles. The molecule has 3 amide bonds. The SMILES string of the molecule is CC(NC(N)=O)C(=O)NC1CCNC1. The van der Waals surface area contributed by atoms with Crippen molar-refractivity contribution in [2.45, 2.75) is 25.4 Å². The van der Waals surface area contributed by atoms with Gasteiger partial charge < -0.3 is 21.7 Å². The first-order valence-corrected chi connectivity index (χ1v) is 4.66. The van der Waals surface area contributed by atoms with Crippen LogP contribution in [0.4, 0.5) is 4.79 Å². The average Bonchev–Trinajstić information content (AvgIpc) is 2.55. The first-order valence-electron chi connectivity index (χ1n) is 4.66. The minimum Gasteiger partial charge on any atom is -0.352 e. The van der Waals surface area contributed by atoms with Gasteiger partial charge in [-0.25, -0.2) is 4.79 Å². The molecular formula is C8H16N4O2. The summed E-state index contributed by atoms with van der Waals surface area (Å²) in [6, 6.07) is -1.09. The van der Waals surface area contributed by atoms with Gasteiger partial charge in [-0.2, -0.15) is 0 Å². The van der Waals surface area contributed by atoms with Gasteiger partial charge in [0.25, 0.3) is 0 Å². The van der Waals surface area contributed by atoms with Crippen LogP contribution in [0, 0.1) is 0 Å². The average molecular weight is 200 g/mol. The lowest BCUT2D eigenvalue weighted by Crippen LogP contribution is -2.49. The molecule has 1 fully saturated rings. The number of hydrogen-bond donors (Lipinski definition) is 4. The molecule has 1 aliphatic rings. The van der Waals surface area contributed by atoms with E-state index in [4.69, 9.17) is 5.73 Å². The Labute approximate surface area is 82.6 Å². The summed E-state index contributed by atoms with van der Waals surface area (Å²) in [5, 5.41) is 8.27. The van der Waals surface area contributed by atoms with E-state index in [1.165, 1.54) is 0 Å². The third kappa shape index (κ3) is 3.21. The molecule has 1 rings (SSSR count). The van der Waals surface area contributed by atoms with Crippen LogP contribution < -0.4 is 21.7 Å². The number of carbonyl (C=O) groups excluding carboxylic acids is 2. The molecule has 0 aromatic rings. The van der Waals surface area contributed by atoms with Crippen LogP contribution in [0.25, 0.3) is 0 Å². The monoisotopic (exact) mass is 200 g/mol. The molecule has 2 unspecified atom stereocenters. The van der Waals surface area contributed by atoms with E-state index in [-0.39, 0.29) is 11.9 Å². The second kappa shape index (κ2) is 4.80. The van der Waals surface area contributed by atoms with Crippen LogP contribution in [0.5, 0.6) is 0 Å². The minimum atomic E-state index is -0.683. The number of carbonyl (C=O) groups is 2. The molecule has 1 heterocycles. The number of nitrogens with two attached hydrogens (primary N) is 1. The Morgan fingerprint density at radius 3 is 2.79 bits per heavy atom. The van der Waals surface area contributed by atoms with Crippen LogP contribution in [-0.4, -0.2) is 37.1 Å². The summed E-state index contributed by atoms with van der Waals surface area (Å²) in [5.74, 6) is -0.197. The highest BCUT2D eigenvalue weighted by Crippen LogP contribution is 1.97. The first-order chi connectivity index (χ1) is 6.59. The summed E-state index contributed by atoms with van der Waals surface area (Å²) < 4.78 is 0. The van der Waals surface area contributed by atoms with Crippen molar-refractivity contribution in [3.05, 3.63) is 0 Å².